The van der Waals surface area contributed by atoms with Gasteiger partial charge in [-0.25, -0.2) is 13.2 Å². The summed E-state index contributed by atoms with van der Waals surface area (Å²) >= 11 is 0. The van der Waals surface area contributed by atoms with Gasteiger partial charge in [-0.05, 0) is 56.1 Å². The van der Waals surface area contributed by atoms with E-state index >= 15 is 0 Å². The lowest BCUT2D eigenvalue weighted by Gasteiger charge is -2.36. The number of esters is 1. The molecule has 0 spiro atoms. The Labute approximate surface area is 182 Å². The summed E-state index contributed by atoms with van der Waals surface area (Å²) in [7, 11) is 0. The van der Waals surface area contributed by atoms with E-state index in [9.17, 15) is 18.0 Å². The predicted octanol–water partition coefficient (Wildman–Crippen LogP) is 6.47. The molecule has 2 fully saturated rings. The van der Waals surface area contributed by atoms with Crippen LogP contribution in [0.1, 0.15) is 77.2 Å². The van der Waals surface area contributed by atoms with E-state index in [4.69, 9.17) is 14.2 Å². The van der Waals surface area contributed by atoms with Gasteiger partial charge in [-0.3, -0.25) is 4.79 Å². The summed E-state index contributed by atoms with van der Waals surface area (Å²) in [4.78, 5) is 12.5. The minimum atomic E-state index is -3.08. The number of hydrogen-bond donors (Lipinski definition) is 0. The van der Waals surface area contributed by atoms with Crippen molar-refractivity contribution >= 4 is 5.97 Å². The molecule has 2 unspecified atom stereocenters. The number of benzene rings is 1. The largest absolute Gasteiger partial charge is 0.493 e. The molecule has 0 amide bonds. The summed E-state index contributed by atoms with van der Waals surface area (Å²) in [6.45, 7) is 4.64. The van der Waals surface area contributed by atoms with Crippen molar-refractivity contribution in [3.63, 3.8) is 0 Å². The van der Waals surface area contributed by atoms with Gasteiger partial charge < -0.3 is 14.2 Å². The minimum absolute atomic E-state index is 0.151. The predicted molar refractivity (Wildman–Crippen MR) is 111 cm³/mol. The van der Waals surface area contributed by atoms with Gasteiger partial charge in [0.25, 0.3) is 6.43 Å². The quantitative estimate of drug-likeness (QED) is 0.263. The number of carbonyl (C=O) groups is 1. The van der Waals surface area contributed by atoms with Crippen LogP contribution in [0.2, 0.25) is 0 Å². The molecule has 2 aliphatic rings. The minimum Gasteiger partial charge on any atom is -0.493 e. The van der Waals surface area contributed by atoms with Gasteiger partial charge in [0.1, 0.15) is 5.75 Å². The molecule has 174 valence electrons. The molecule has 2 atom stereocenters. The topological polar surface area (TPSA) is 44.8 Å². The highest BCUT2D eigenvalue weighted by atomic mass is 19.3. The lowest BCUT2D eigenvalue weighted by atomic mass is 9.78. The summed E-state index contributed by atoms with van der Waals surface area (Å²) in [6.07, 6.45) is 4.64. The van der Waals surface area contributed by atoms with Crippen molar-refractivity contribution < 1.29 is 32.2 Å². The number of alkyl halides is 2. The van der Waals surface area contributed by atoms with Gasteiger partial charge in [0, 0.05) is 0 Å². The fourth-order valence-corrected chi connectivity index (χ4v) is 4.47. The van der Waals surface area contributed by atoms with E-state index in [1.807, 2.05) is 6.92 Å². The summed E-state index contributed by atoms with van der Waals surface area (Å²) < 4.78 is 58.0. The fraction of sp³-hybridized carbons (Fsp3) is 0.708. The summed E-state index contributed by atoms with van der Waals surface area (Å²) in [5.41, 5.74) is -0.868. The first-order valence-corrected chi connectivity index (χ1v) is 11.5. The van der Waals surface area contributed by atoms with Crippen molar-refractivity contribution in [1.82, 2.24) is 0 Å². The highest BCUT2D eigenvalue weighted by Crippen LogP contribution is 2.38. The average molecular weight is 443 g/mol. The fourth-order valence-electron chi connectivity index (χ4n) is 4.47. The molecular weight excluding hydrogens is 409 g/mol. The van der Waals surface area contributed by atoms with Gasteiger partial charge in [-0.15, -0.1) is 0 Å². The molecule has 1 aromatic rings. The molecule has 1 aromatic carbocycles. The molecule has 3 rings (SSSR count). The van der Waals surface area contributed by atoms with Gasteiger partial charge in [0.05, 0.1) is 30.8 Å². The third kappa shape index (κ3) is 6.15. The van der Waals surface area contributed by atoms with Crippen LogP contribution in [0.25, 0.3) is 0 Å². The Kier molecular flexibility index (Phi) is 8.64. The molecule has 4 nitrogen and oxygen atoms in total. The third-order valence-electron chi connectivity index (χ3n) is 6.52. The second-order valence-electron chi connectivity index (χ2n) is 8.88. The maximum absolute atomic E-state index is 14.7. The lowest BCUT2D eigenvalue weighted by molar-refractivity contribution is -0.147. The van der Waals surface area contributed by atoms with Crippen molar-refractivity contribution in [2.24, 2.45) is 17.8 Å². The molecule has 0 bridgehead atoms. The number of unbranched alkanes of at least 4 members (excludes halogenated alkanes) is 1. The molecule has 1 saturated heterocycles. The molecule has 0 aromatic heterocycles. The van der Waals surface area contributed by atoms with Gasteiger partial charge in [-0.2, -0.15) is 0 Å². The van der Waals surface area contributed by atoms with Crippen molar-refractivity contribution in [1.29, 1.82) is 0 Å². The SMILES string of the molecule is CCCCOc1ccc(OC(=O)C2CCC(C3CCC(C)CC3)OC2)c(F)c1C(F)F. The normalized spacial score (nSPS) is 26.6. The van der Waals surface area contributed by atoms with Crippen LogP contribution in [0.15, 0.2) is 12.1 Å². The van der Waals surface area contributed by atoms with Gasteiger partial charge in [-0.1, -0.05) is 33.1 Å². The Morgan fingerprint density at radius 2 is 1.84 bits per heavy atom. The van der Waals surface area contributed by atoms with Crippen LogP contribution >= 0.6 is 0 Å². The van der Waals surface area contributed by atoms with Crippen molar-refractivity contribution in [2.45, 2.75) is 77.7 Å². The van der Waals surface area contributed by atoms with Crippen LogP contribution in [0, 0.1) is 23.6 Å². The first-order valence-electron chi connectivity index (χ1n) is 11.5. The Balaban J connectivity index is 1.58. The van der Waals surface area contributed by atoms with Crippen LogP contribution in [0.5, 0.6) is 11.5 Å². The Bertz CT molecular complexity index is 724. The van der Waals surface area contributed by atoms with Crippen LogP contribution in [0.3, 0.4) is 0 Å². The Hall–Kier alpha value is -1.76. The van der Waals surface area contributed by atoms with Gasteiger partial charge in [0.2, 0.25) is 0 Å². The second kappa shape index (κ2) is 11.2. The van der Waals surface area contributed by atoms with Gasteiger partial charge >= 0.3 is 5.97 Å². The second-order valence-corrected chi connectivity index (χ2v) is 8.88. The zero-order chi connectivity index (χ0) is 22.4. The molecule has 1 aliphatic heterocycles. The molecule has 0 radical (unpaired) electrons. The van der Waals surface area contributed by atoms with E-state index in [1.54, 1.807) is 0 Å². The Morgan fingerprint density at radius 3 is 2.45 bits per heavy atom. The van der Waals surface area contributed by atoms with Crippen molar-refractivity contribution in [3.8, 4) is 11.5 Å². The molecule has 1 aliphatic carbocycles. The highest BCUT2D eigenvalue weighted by Gasteiger charge is 2.34. The van der Waals surface area contributed by atoms with E-state index in [1.165, 1.54) is 25.0 Å². The van der Waals surface area contributed by atoms with E-state index in [-0.39, 0.29) is 25.1 Å². The first-order chi connectivity index (χ1) is 14.9. The zero-order valence-corrected chi connectivity index (χ0v) is 18.4. The standard InChI is InChI=1S/C24H33F3O4/c1-3-4-13-29-19-11-12-20(22(25)21(19)23(26)27)31-24(28)17-9-10-18(30-14-17)16-7-5-15(2)6-8-16/h11-12,15-18,23H,3-10,13-14H2,1-2H3. The number of hydrogen-bond acceptors (Lipinski definition) is 4. The highest BCUT2D eigenvalue weighted by molar-refractivity contribution is 5.75. The molecule has 1 heterocycles. The number of carbonyl (C=O) groups excluding carboxylic acids is 1. The molecule has 1 saturated carbocycles. The van der Waals surface area contributed by atoms with E-state index in [0.29, 0.717) is 18.8 Å². The molecule has 31 heavy (non-hydrogen) atoms. The zero-order valence-electron chi connectivity index (χ0n) is 18.4. The number of halogens is 3. The maximum Gasteiger partial charge on any atom is 0.316 e. The Morgan fingerprint density at radius 1 is 1.13 bits per heavy atom. The molecule has 0 N–H and O–H groups in total. The van der Waals surface area contributed by atoms with Crippen molar-refractivity contribution in [2.75, 3.05) is 13.2 Å². The lowest BCUT2D eigenvalue weighted by Crippen LogP contribution is -2.37. The summed E-state index contributed by atoms with van der Waals surface area (Å²) in [5, 5.41) is 0. The van der Waals surface area contributed by atoms with Crippen LogP contribution < -0.4 is 9.47 Å². The van der Waals surface area contributed by atoms with E-state index in [2.05, 4.69) is 6.92 Å². The van der Waals surface area contributed by atoms with Crippen LogP contribution in [-0.4, -0.2) is 25.3 Å². The monoisotopic (exact) mass is 442 g/mol. The maximum atomic E-state index is 14.7. The van der Waals surface area contributed by atoms with Gasteiger partial charge in [0.15, 0.2) is 11.6 Å². The summed E-state index contributed by atoms with van der Waals surface area (Å²) in [6, 6.07) is 2.41. The van der Waals surface area contributed by atoms with Crippen LogP contribution in [-0.2, 0) is 9.53 Å². The van der Waals surface area contributed by atoms with Crippen LogP contribution in [0.4, 0.5) is 13.2 Å². The van der Waals surface area contributed by atoms with E-state index < -0.39 is 35.4 Å². The van der Waals surface area contributed by atoms with E-state index in [0.717, 1.165) is 31.6 Å². The summed E-state index contributed by atoms with van der Waals surface area (Å²) in [5.74, 6) is -1.83. The number of rotatable bonds is 8. The molecular formula is C24H33F3O4. The third-order valence-corrected chi connectivity index (χ3v) is 6.52. The molecule has 7 heteroatoms. The average Bonchev–Trinajstić information content (AvgIpc) is 2.76. The number of ether oxygens (including phenoxy) is 3. The smallest absolute Gasteiger partial charge is 0.316 e. The first kappa shape index (κ1) is 23.9. The van der Waals surface area contributed by atoms with Crippen molar-refractivity contribution in [3.05, 3.63) is 23.5 Å².